The van der Waals surface area contributed by atoms with Crippen LogP contribution in [0.5, 0.6) is 0 Å². The average Bonchev–Trinajstić information content (AvgIpc) is 3.78. The van der Waals surface area contributed by atoms with E-state index in [-0.39, 0.29) is 0 Å². The zero-order chi connectivity index (χ0) is 44.3. The smallest absolute Gasteiger partial charge is 0.164 e. The van der Waals surface area contributed by atoms with Crippen LogP contribution < -0.4 is 0 Å². The molecule has 13 rings (SSSR count). The topological polar surface area (TPSA) is 64.7 Å². The normalized spacial score (nSPS) is 12.7. The van der Waals surface area contributed by atoms with Crippen molar-refractivity contribution in [2.45, 2.75) is 12.8 Å². The summed E-state index contributed by atoms with van der Waals surface area (Å²) in [5.41, 5.74) is 14.3. The van der Waals surface area contributed by atoms with Gasteiger partial charge in [-0.25, -0.2) is 19.9 Å². The van der Waals surface area contributed by atoms with Gasteiger partial charge in [-0.1, -0.05) is 188 Å². The van der Waals surface area contributed by atoms with E-state index in [1.165, 1.54) is 11.1 Å². The molecule has 0 unspecified atom stereocenters. The second-order valence-corrected chi connectivity index (χ2v) is 17.2. The Morgan fingerprint density at radius 3 is 1.72 bits per heavy atom. The van der Waals surface area contributed by atoms with E-state index in [0.717, 1.165) is 117 Å². The molecule has 5 nitrogen and oxygen atoms in total. The van der Waals surface area contributed by atoms with Crippen molar-refractivity contribution >= 4 is 60.0 Å². The van der Waals surface area contributed by atoms with E-state index in [4.69, 9.17) is 24.4 Å². The van der Waals surface area contributed by atoms with Crippen LogP contribution in [0.3, 0.4) is 0 Å². The van der Waals surface area contributed by atoms with Crippen LogP contribution in [0.25, 0.3) is 128 Å². The molecule has 0 fully saturated rings. The fourth-order valence-corrected chi connectivity index (χ4v) is 9.99. The van der Waals surface area contributed by atoms with Crippen molar-refractivity contribution in [3.8, 4) is 67.7 Å². The molecule has 314 valence electrons. The Kier molecular flexibility index (Phi) is 9.24. The standard InChI is InChI=1S/C62H40N4O/c1-4-17-39(18-5-1)40-31-33-43(34-32-40)61-64-60(42-21-8-3-9-22-42)65-62(66-61)49-36-35-46(47-25-10-11-26-48(47)49)44-23-16-24-45(37-44)59-52-38-55-58(51-28-13-15-30-54(51)67-55)56(41-19-6-2-7-20-41)57(52)50-27-12-14-29-53(50)63-59/h2-4,6-38H,1,5H2. The summed E-state index contributed by atoms with van der Waals surface area (Å²) < 4.78 is 6.66. The Hall–Kier alpha value is -8.80. The second-order valence-electron chi connectivity index (χ2n) is 17.2. The van der Waals surface area contributed by atoms with Crippen molar-refractivity contribution in [1.82, 2.24) is 19.9 Å². The molecule has 67 heavy (non-hydrogen) atoms. The lowest BCUT2D eigenvalue weighted by Crippen LogP contribution is -2.01. The summed E-state index contributed by atoms with van der Waals surface area (Å²) >= 11 is 0. The highest BCUT2D eigenvalue weighted by atomic mass is 16.3. The molecule has 12 aromatic rings. The summed E-state index contributed by atoms with van der Waals surface area (Å²) in [6.45, 7) is 0. The molecule has 0 radical (unpaired) electrons. The molecule has 0 bridgehead atoms. The Labute approximate surface area is 387 Å². The van der Waals surface area contributed by atoms with E-state index < -0.39 is 0 Å². The van der Waals surface area contributed by atoms with Crippen LogP contribution in [-0.2, 0) is 0 Å². The van der Waals surface area contributed by atoms with E-state index in [2.05, 4.69) is 194 Å². The third-order valence-corrected chi connectivity index (χ3v) is 13.1. The van der Waals surface area contributed by atoms with Crippen LogP contribution in [0.4, 0.5) is 0 Å². The van der Waals surface area contributed by atoms with Crippen LogP contribution in [0.15, 0.2) is 223 Å². The molecule has 3 heterocycles. The molecule has 9 aromatic carbocycles. The first kappa shape index (κ1) is 38.6. The Balaban J connectivity index is 0.974. The van der Waals surface area contributed by atoms with Crippen molar-refractivity contribution in [3.05, 3.63) is 224 Å². The fraction of sp³-hybridized carbons (Fsp3) is 0.0323. The number of fused-ring (bicyclic) bond motifs is 7. The number of furan rings is 1. The molecule has 0 aliphatic heterocycles. The minimum absolute atomic E-state index is 0.625. The first-order valence-electron chi connectivity index (χ1n) is 22.9. The van der Waals surface area contributed by atoms with E-state index in [1.54, 1.807) is 0 Å². The summed E-state index contributed by atoms with van der Waals surface area (Å²) in [5.74, 6) is 1.89. The SMILES string of the molecule is C1=CC(c2ccc(-c3nc(-c4ccccc4)nc(-c4ccc(-c5cccc(-c6nc7ccccc7c7c(-c8ccccc8)c8c(cc67)oc6ccccc68)c5)c5ccccc45)n3)cc2)=CCC1. The molecule has 1 aliphatic rings. The number of hydrogen-bond acceptors (Lipinski definition) is 5. The second kappa shape index (κ2) is 16.0. The maximum atomic E-state index is 6.66. The molecule has 3 aromatic heterocycles. The molecule has 1 aliphatic carbocycles. The first-order valence-corrected chi connectivity index (χ1v) is 22.9. The maximum Gasteiger partial charge on any atom is 0.164 e. The van der Waals surface area contributed by atoms with Crippen LogP contribution in [-0.4, -0.2) is 19.9 Å². The number of aromatic nitrogens is 4. The molecule has 0 amide bonds. The highest BCUT2D eigenvalue weighted by Crippen LogP contribution is 2.47. The number of allylic oxidation sites excluding steroid dienone is 4. The summed E-state index contributed by atoms with van der Waals surface area (Å²) in [7, 11) is 0. The molecule has 0 spiro atoms. The maximum absolute atomic E-state index is 6.66. The van der Waals surface area contributed by atoms with Gasteiger partial charge in [0.15, 0.2) is 17.5 Å². The van der Waals surface area contributed by atoms with Gasteiger partial charge < -0.3 is 4.42 Å². The molecule has 5 heteroatoms. The van der Waals surface area contributed by atoms with Crippen molar-refractivity contribution < 1.29 is 4.42 Å². The minimum atomic E-state index is 0.625. The van der Waals surface area contributed by atoms with E-state index >= 15 is 0 Å². The van der Waals surface area contributed by atoms with Gasteiger partial charge >= 0.3 is 0 Å². The number of nitrogens with zero attached hydrogens (tertiary/aromatic N) is 4. The third-order valence-electron chi connectivity index (χ3n) is 13.1. The van der Waals surface area contributed by atoms with Gasteiger partial charge in [0.25, 0.3) is 0 Å². The predicted molar refractivity (Wildman–Crippen MR) is 276 cm³/mol. The van der Waals surface area contributed by atoms with Crippen LogP contribution in [0.1, 0.15) is 18.4 Å². The highest BCUT2D eigenvalue weighted by molar-refractivity contribution is 6.27. The van der Waals surface area contributed by atoms with Gasteiger partial charge in [-0.3, -0.25) is 0 Å². The summed E-state index contributed by atoms with van der Waals surface area (Å²) in [5, 5.41) is 7.68. The number of benzene rings is 9. The predicted octanol–water partition coefficient (Wildman–Crippen LogP) is 16.4. The molecular formula is C62H40N4O. The lowest BCUT2D eigenvalue weighted by molar-refractivity contribution is 0.669. The van der Waals surface area contributed by atoms with Gasteiger partial charge in [0.1, 0.15) is 11.2 Å². The van der Waals surface area contributed by atoms with Crippen LogP contribution in [0, 0.1) is 0 Å². The van der Waals surface area contributed by atoms with Gasteiger partial charge in [0.05, 0.1) is 11.2 Å². The summed E-state index contributed by atoms with van der Waals surface area (Å²) in [6, 6.07) is 70.2. The van der Waals surface area contributed by atoms with E-state index in [9.17, 15) is 0 Å². The Morgan fingerprint density at radius 2 is 0.955 bits per heavy atom. The number of hydrogen-bond donors (Lipinski definition) is 0. The van der Waals surface area contributed by atoms with Crippen LogP contribution in [0.2, 0.25) is 0 Å². The minimum Gasteiger partial charge on any atom is -0.456 e. The number of para-hydroxylation sites is 2. The van der Waals surface area contributed by atoms with E-state index in [1.807, 2.05) is 24.3 Å². The van der Waals surface area contributed by atoms with Crippen molar-refractivity contribution in [1.29, 1.82) is 0 Å². The molecule has 0 saturated heterocycles. The number of rotatable bonds is 7. The van der Waals surface area contributed by atoms with Gasteiger partial charge in [-0.05, 0) is 81.8 Å². The van der Waals surface area contributed by atoms with Gasteiger partial charge in [-0.2, -0.15) is 0 Å². The zero-order valence-electron chi connectivity index (χ0n) is 36.4. The summed E-state index contributed by atoms with van der Waals surface area (Å²) in [4.78, 5) is 20.9. The first-order chi connectivity index (χ1) is 33.2. The third kappa shape index (κ3) is 6.71. The van der Waals surface area contributed by atoms with Crippen LogP contribution >= 0.6 is 0 Å². The lowest BCUT2D eigenvalue weighted by Gasteiger charge is -2.16. The molecule has 0 saturated carbocycles. The number of pyridine rings is 1. The Bertz CT molecular complexity index is 3960. The van der Waals surface area contributed by atoms with Crippen molar-refractivity contribution in [3.63, 3.8) is 0 Å². The van der Waals surface area contributed by atoms with Crippen molar-refractivity contribution in [2.75, 3.05) is 0 Å². The van der Waals surface area contributed by atoms with Gasteiger partial charge in [-0.15, -0.1) is 0 Å². The zero-order valence-corrected chi connectivity index (χ0v) is 36.4. The fourth-order valence-electron chi connectivity index (χ4n) is 9.99. The van der Waals surface area contributed by atoms with E-state index in [0.29, 0.717) is 17.5 Å². The highest BCUT2D eigenvalue weighted by Gasteiger charge is 2.22. The average molecular weight is 857 g/mol. The quantitative estimate of drug-likeness (QED) is 0.149. The largest absolute Gasteiger partial charge is 0.456 e. The summed E-state index contributed by atoms with van der Waals surface area (Å²) in [6.07, 6.45) is 8.90. The molecule has 0 atom stereocenters. The molecule has 0 N–H and O–H groups in total. The lowest BCUT2D eigenvalue weighted by atomic mass is 9.89. The van der Waals surface area contributed by atoms with Crippen molar-refractivity contribution in [2.24, 2.45) is 0 Å². The molecular weight excluding hydrogens is 817 g/mol. The monoisotopic (exact) mass is 856 g/mol. The van der Waals surface area contributed by atoms with Gasteiger partial charge in [0, 0.05) is 54.7 Å². The van der Waals surface area contributed by atoms with Gasteiger partial charge in [0.2, 0.25) is 0 Å². The Morgan fingerprint density at radius 1 is 0.358 bits per heavy atom.